The molecule has 18 heavy (non-hydrogen) atoms. The highest BCUT2D eigenvalue weighted by Gasteiger charge is 2.33. The van der Waals surface area contributed by atoms with E-state index in [9.17, 15) is 4.79 Å². The van der Waals surface area contributed by atoms with Crippen LogP contribution in [0.3, 0.4) is 0 Å². The molecule has 1 aromatic heterocycles. The quantitative estimate of drug-likeness (QED) is 0.763. The SMILES string of the molecule is CC1(NC(=O)c2ccncc2C#CCN)CCC1. The van der Waals surface area contributed by atoms with Crippen LogP contribution in [0.1, 0.15) is 42.1 Å². The summed E-state index contributed by atoms with van der Waals surface area (Å²) in [5, 5.41) is 3.06. The molecule has 0 bridgehead atoms. The fourth-order valence-corrected chi connectivity index (χ4v) is 2.01. The molecule has 1 fully saturated rings. The van der Waals surface area contributed by atoms with Gasteiger partial charge in [0.2, 0.25) is 0 Å². The average Bonchev–Trinajstić information content (AvgIpc) is 2.34. The summed E-state index contributed by atoms with van der Waals surface area (Å²) >= 11 is 0. The Morgan fingerprint density at radius 3 is 3.00 bits per heavy atom. The molecule has 1 aliphatic carbocycles. The van der Waals surface area contributed by atoms with Gasteiger partial charge in [-0.2, -0.15) is 0 Å². The van der Waals surface area contributed by atoms with Crippen molar-refractivity contribution in [2.75, 3.05) is 6.54 Å². The maximum Gasteiger partial charge on any atom is 0.253 e. The lowest BCUT2D eigenvalue weighted by atomic mass is 9.78. The first-order valence-corrected chi connectivity index (χ1v) is 6.10. The number of hydrogen-bond donors (Lipinski definition) is 2. The van der Waals surface area contributed by atoms with Crippen molar-refractivity contribution in [3.05, 3.63) is 29.6 Å². The number of pyridine rings is 1. The molecule has 1 amide bonds. The zero-order chi connectivity index (χ0) is 13.0. The molecule has 1 heterocycles. The Balaban J connectivity index is 2.19. The van der Waals surface area contributed by atoms with Gasteiger partial charge in [0.15, 0.2) is 0 Å². The summed E-state index contributed by atoms with van der Waals surface area (Å²) in [5.41, 5.74) is 6.48. The van der Waals surface area contributed by atoms with E-state index in [0.29, 0.717) is 11.1 Å². The molecular weight excluding hydrogens is 226 g/mol. The maximum absolute atomic E-state index is 12.2. The van der Waals surface area contributed by atoms with Crippen molar-refractivity contribution in [3.8, 4) is 11.8 Å². The van der Waals surface area contributed by atoms with Gasteiger partial charge in [0, 0.05) is 17.9 Å². The van der Waals surface area contributed by atoms with E-state index in [-0.39, 0.29) is 18.0 Å². The van der Waals surface area contributed by atoms with Crippen LogP contribution in [0.15, 0.2) is 18.5 Å². The molecule has 4 heteroatoms. The Labute approximate surface area is 107 Å². The topological polar surface area (TPSA) is 68.0 Å². The van der Waals surface area contributed by atoms with Crippen molar-refractivity contribution in [2.45, 2.75) is 31.7 Å². The summed E-state index contributed by atoms with van der Waals surface area (Å²) in [5.74, 6) is 5.54. The van der Waals surface area contributed by atoms with Crippen LogP contribution >= 0.6 is 0 Å². The van der Waals surface area contributed by atoms with Crippen LogP contribution in [-0.4, -0.2) is 23.0 Å². The van der Waals surface area contributed by atoms with E-state index in [2.05, 4.69) is 29.1 Å². The van der Waals surface area contributed by atoms with Crippen LogP contribution in [0.4, 0.5) is 0 Å². The lowest BCUT2D eigenvalue weighted by Crippen LogP contribution is -2.51. The highest BCUT2D eigenvalue weighted by Crippen LogP contribution is 2.31. The zero-order valence-electron chi connectivity index (χ0n) is 10.5. The molecule has 0 aromatic carbocycles. The Hall–Kier alpha value is -1.86. The zero-order valence-corrected chi connectivity index (χ0v) is 10.5. The number of nitrogens with one attached hydrogen (secondary N) is 1. The minimum absolute atomic E-state index is 0.0566. The lowest BCUT2D eigenvalue weighted by Gasteiger charge is -2.39. The standard InChI is InChI=1S/C14H17N3O/c1-14(6-3-7-14)17-13(18)12-5-9-16-10-11(12)4-2-8-15/h5,9-10H,3,6-8,15H2,1H3,(H,17,18). The van der Waals surface area contributed by atoms with Gasteiger partial charge in [-0.15, -0.1) is 0 Å². The van der Waals surface area contributed by atoms with Crippen LogP contribution in [0.5, 0.6) is 0 Å². The number of carbonyl (C=O) groups excluding carboxylic acids is 1. The fraction of sp³-hybridized carbons (Fsp3) is 0.429. The van der Waals surface area contributed by atoms with E-state index >= 15 is 0 Å². The van der Waals surface area contributed by atoms with Crippen molar-refractivity contribution in [3.63, 3.8) is 0 Å². The minimum Gasteiger partial charge on any atom is -0.347 e. The number of nitrogens with two attached hydrogens (primary N) is 1. The fourth-order valence-electron chi connectivity index (χ4n) is 2.01. The van der Waals surface area contributed by atoms with Gasteiger partial charge in [-0.1, -0.05) is 11.8 Å². The third kappa shape index (κ3) is 2.69. The van der Waals surface area contributed by atoms with E-state index in [1.807, 2.05) is 0 Å². The second-order valence-corrected chi connectivity index (χ2v) is 4.80. The second-order valence-electron chi connectivity index (χ2n) is 4.80. The van der Waals surface area contributed by atoms with Crippen molar-refractivity contribution >= 4 is 5.91 Å². The first-order valence-electron chi connectivity index (χ1n) is 6.10. The summed E-state index contributed by atoms with van der Waals surface area (Å²) in [7, 11) is 0. The van der Waals surface area contributed by atoms with Crippen LogP contribution in [0.25, 0.3) is 0 Å². The van der Waals surface area contributed by atoms with Crippen LogP contribution in [0.2, 0.25) is 0 Å². The third-order valence-corrected chi connectivity index (χ3v) is 3.26. The van der Waals surface area contributed by atoms with Crippen molar-refractivity contribution < 1.29 is 4.79 Å². The summed E-state index contributed by atoms with van der Waals surface area (Å²) in [6.45, 7) is 2.34. The summed E-state index contributed by atoms with van der Waals surface area (Å²) in [6.07, 6.45) is 6.44. The van der Waals surface area contributed by atoms with E-state index in [0.717, 1.165) is 12.8 Å². The molecule has 1 aliphatic rings. The first-order chi connectivity index (χ1) is 8.64. The van der Waals surface area contributed by atoms with Gasteiger partial charge in [0.1, 0.15) is 0 Å². The largest absolute Gasteiger partial charge is 0.347 e. The summed E-state index contributed by atoms with van der Waals surface area (Å²) in [6, 6.07) is 1.69. The van der Waals surface area contributed by atoms with Gasteiger partial charge in [-0.3, -0.25) is 9.78 Å². The van der Waals surface area contributed by atoms with Crippen molar-refractivity contribution in [1.82, 2.24) is 10.3 Å². The number of amides is 1. The van der Waals surface area contributed by atoms with Gasteiger partial charge in [-0.05, 0) is 32.3 Å². The summed E-state index contributed by atoms with van der Waals surface area (Å²) in [4.78, 5) is 16.2. The van der Waals surface area contributed by atoms with Crippen molar-refractivity contribution in [1.29, 1.82) is 0 Å². The van der Waals surface area contributed by atoms with Gasteiger partial charge in [-0.25, -0.2) is 0 Å². The molecule has 0 saturated heterocycles. The molecule has 94 valence electrons. The predicted octanol–water partition coefficient (Wildman–Crippen LogP) is 1.06. The molecule has 4 nitrogen and oxygen atoms in total. The molecule has 0 spiro atoms. The molecular formula is C14H17N3O. The normalized spacial score (nSPS) is 16.1. The monoisotopic (exact) mass is 243 g/mol. The minimum atomic E-state index is -0.0825. The molecule has 3 N–H and O–H groups in total. The smallest absolute Gasteiger partial charge is 0.253 e. The molecule has 0 atom stereocenters. The van der Waals surface area contributed by atoms with Gasteiger partial charge in [0.25, 0.3) is 5.91 Å². The number of rotatable bonds is 2. The summed E-state index contributed by atoms with van der Waals surface area (Å²) < 4.78 is 0. The van der Waals surface area contributed by atoms with E-state index in [1.165, 1.54) is 6.42 Å². The molecule has 0 radical (unpaired) electrons. The Kier molecular flexibility index (Phi) is 3.63. The molecule has 1 saturated carbocycles. The molecule has 0 aliphatic heterocycles. The molecule has 2 rings (SSSR count). The molecule has 0 unspecified atom stereocenters. The van der Waals surface area contributed by atoms with Gasteiger partial charge < -0.3 is 11.1 Å². The van der Waals surface area contributed by atoms with E-state index < -0.39 is 0 Å². The highest BCUT2D eigenvalue weighted by atomic mass is 16.1. The highest BCUT2D eigenvalue weighted by molar-refractivity contribution is 5.97. The second kappa shape index (κ2) is 5.19. The van der Waals surface area contributed by atoms with E-state index in [4.69, 9.17) is 5.73 Å². The number of nitrogens with zero attached hydrogens (tertiary/aromatic N) is 1. The molecule has 1 aromatic rings. The number of hydrogen-bond acceptors (Lipinski definition) is 3. The number of aromatic nitrogens is 1. The average molecular weight is 243 g/mol. The van der Waals surface area contributed by atoms with Crippen molar-refractivity contribution in [2.24, 2.45) is 5.73 Å². The lowest BCUT2D eigenvalue weighted by molar-refractivity contribution is 0.0850. The van der Waals surface area contributed by atoms with Crippen LogP contribution < -0.4 is 11.1 Å². The van der Waals surface area contributed by atoms with Gasteiger partial charge >= 0.3 is 0 Å². The van der Waals surface area contributed by atoms with Crippen LogP contribution in [0, 0.1) is 11.8 Å². The first kappa shape index (κ1) is 12.6. The van der Waals surface area contributed by atoms with Gasteiger partial charge in [0.05, 0.1) is 17.7 Å². The Morgan fingerprint density at radius 2 is 2.39 bits per heavy atom. The van der Waals surface area contributed by atoms with Crippen LogP contribution in [-0.2, 0) is 0 Å². The third-order valence-electron chi connectivity index (χ3n) is 3.26. The predicted molar refractivity (Wildman–Crippen MR) is 69.9 cm³/mol. The van der Waals surface area contributed by atoms with E-state index in [1.54, 1.807) is 18.5 Å². The maximum atomic E-state index is 12.2. The number of carbonyl (C=O) groups is 1. The Morgan fingerprint density at radius 1 is 1.61 bits per heavy atom. The Bertz CT molecular complexity index is 509.